The minimum Gasteiger partial charge on any atom is -0.465 e. The molecule has 172 valence electrons. The molecule has 2 heterocycles. The van der Waals surface area contributed by atoms with Crippen molar-refractivity contribution in [2.24, 2.45) is 0 Å². The third-order valence-electron chi connectivity index (χ3n) is 6.11. The molecule has 0 saturated carbocycles. The Labute approximate surface area is 180 Å². The summed E-state index contributed by atoms with van der Waals surface area (Å²) in [7, 11) is 0. The maximum absolute atomic E-state index is 13.1. The van der Waals surface area contributed by atoms with Crippen LogP contribution in [0.2, 0.25) is 0 Å². The van der Waals surface area contributed by atoms with Crippen molar-refractivity contribution < 1.29 is 27.9 Å². The molecule has 2 saturated heterocycles. The highest BCUT2D eigenvalue weighted by Gasteiger charge is 2.33. The zero-order valence-corrected chi connectivity index (χ0v) is 17.6. The van der Waals surface area contributed by atoms with E-state index in [1.54, 1.807) is 11.0 Å². The highest BCUT2D eigenvalue weighted by atomic mass is 19.4. The van der Waals surface area contributed by atoms with Crippen LogP contribution in [0.1, 0.15) is 43.2 Å². The van der Waals surface area contributed by atoms with E-state index in [0.717, 1.165) is 38.2 Å². The van der Waals surface area contributed by atoms with Crippen LogP contribution in [0, 0.1) is 0 Å². The molecule has 9 heteroatoms. The molecule has 0 bridgehead atoms. The molecule has 0 radical (unpaired) electrons. The molecule has 1 aromatic rings. The van der Waals surface area contributed by atoms with Crippen molar-refractivity contribution in [2.75, 3.05) is 39.3 Å². The van der Waals surface area contributed by atoms with Crippen molar-refractivity contribution in [3.63, 3.8) is 0 Å². The summed E-state index contributed by atoms with van der Waals surface area (Å²) in [5.41, 5.74) is -0.344. The molecule has 31 heavy (non-hydrogen) atoms. The van der Waals surface area contributed by atoms with Gasteiger partial charge in [-0.3, -0.25) is 4.79 Å². The number of carboxylic acid groups (broad SMARTS) is 1. The standard InChI is InChI=1S/C22H30F3N3O3/c23-22(24,25)18-7-4-6-17(14-18)15-19-16-27(20(29)8-13-28(19)21(30)31)12-5-11-26-9-2-1-3-10-26/h4,6-7,14,19H,1-3,5,8-13,15-16H2,(H,30,31). The molecule has 3 rings (SSSR count). The lowest BCUT2D eigenvalue weighted by Crippen LogP contribution is -2.46. The quantitative estimate of drug-likeness (QED) is 0.731. The first-order valence-electron chi connectivity index (χ1n) is 10.9. The SMILES string of the molecule is O=C1CCN(C(=O)O)C(Cc2cccc(C(F)(F)F)c2)CN1CCCN1CCCCC1. The molecule has 2 aliphatic rings. The van der Waals surface area contributed by atoms with Gasteiger partial charge in [-0.1, -0.05) is 24.6 Å². The van der Waals surface area contributed by atoms with Gasteiger partial charge in [0.25, 0.3) is 0 Å². The van der Waals surface area contributed by atoms with E-state index >= 15 is 0 Å². The number of likely N-dealkylation sites (tertiary alicyclic amines) is 1. The predicted octanol–water partition coefficient (Wildman–Crippen LogP) is 3.70. The minimum absolute atomic E-state index is 0.0560. The van der Waals surface area contributed by atoms with Gasteiger partial charge < -0.3 is 19.8 Å². The Kier molecular flexibility index (Phi) is 7.80. The zero-order valence-electron chi connectivity index (χ0n) is 17.6. The number of benzene rings is 1. The molecule has 1 atom stereocenters. The Morgan fingerprint density at radius 2 is 1.84 bits per heavy atom. The normalized spacial score (nSPS) is 21.3. The monoisotopic (exact) mass is 441 g/mol. The van der Waals surface area contributed by atoms with Crippen LogP contribution in [-0.4, -0.2) is 77.1 Å². The second-order valence-corrected chi connectivity index (χ2v) is 8.38. The predicted molar refractivity (Wildman–Crippen MR) is 110 cm³/mol. The van der Waals surface area contributed by atoms with Crippen LogP contribution in [0.3, 0.4) is 0 Å². The first-order valence-corrected chi connectivity index (χ1v) is 10.9. The van der Waals surface area contributed by atoms with Gasteiger partial charge in [-0.05, 0) is 56.9 Å². The van der Waals surface area contributed by atoms with Gasteiger partial charge in [-0.15, -0.1) is 0 Å². The smallest absolute Gasteiger partial charge is 0.416 e. The number of piperidine rings is 1. The van der Waals surface area contributed by atoms with E-state index < -0.39 is 23.9 Å². The molecular weight excluding hydrogens is 411 g/mol. The lowest BCUT2D eigenvalue weighted by atomic mass is 10.0. The number of nitrogens with zero attached hydrogens (tertiary/aromatic N) is 3. The molecule has 1 N–H and O–H groups in total. The van der Waals surface area contributed by atoms with Gasteiger partial charge in [0.15, 0.2) is 0 Å². The van der Waals surface area contributed by atoms with Gasteiger partial charge in [-0.2, -0.15) is 13.2 Å². The van der Waals surface area contributed by atoms with E-state index in [0.29, 0.717) is 12.1 Å². The third-order valence-corrected chi connectivity index (χ3v) is 6.11. The van der Waals surface area contributed by atoms with Gasteiger partial charge in [0.1, 0.15) is 0 Å². The van der Waals surface area contributed by atoms with Crippen LogP contribution in [0.15, 0.2) is 24.3 Å². The number of amides is 2. The van der Waals surface area contributed by atoms with Gasteiger partial charge in [0, 0.05) is 26.1 Å². The number of hydrogen-bond donors (Lipinski definition) is 1. The lowest BCUT2D eigenvalue weighted by Gasteiger charge is -2.31. The summed E-state index contributed by atoms with van der Waals surface area (Å²) >= 11 is 0. The summed E-state index contributed by atoms with van der Waals surface area (Å²) < 4.78 is 39.2. The number of carbonyl (C=O) groups is 2. The fourth-order valence-electron chi connectivity index (χ4n) is 4.47. The van der Waals surface area contributed by atoms with Gasteiger partial charge in [0.2, 0.25) is 5.91 Å². The van der Waals surface area contributed by atoms with E-state index in [9.17, 15) is 27.9 Å². The van der Waals surface area contributed by atoms with E-state index in [1.165, 1.54) is 30.2 Å². The number of rotatable bonds is 6. The molecule has 0 aliphatic carbocycles. The molecule has 1 aromatic carbocycles. The van der Waals surface area contributed by atoms with Crippen molar-refractivity contribution in [1.82, 2.24) is 14.7 Å². The summed E-state index contributed by atoms with van der Waals surface area (Å²) in [5, 5.41) is 9.62. The third kappa shape index (κ3) is 6.59. The first-order chi connectivity index (χ1) is 14.7. The Hall–Kier alpha value is -2.29. The average Bonchev–Trinajstić information content (AvgIpc) is 2.87. The van der Waals surface area contributed by atoms with Crippen LogP contribution in [0.4, 0.5) is 18.0 Å². The summed E-state index contributed by atoms with van der Waals surface area (Å²) in [6.45, 7) is 3.81. The Morgan fingerprint density at radius 1 is 1.10 bits per heavy atom. The summed E-state index contributed by atoms with van der Waals surface area (Å²) in [6, 6.07) is 4.39. The number of alkyl halides is 3. The fourth-order valence-corrected chi connectivity index (χ4v) is 4.47. The average molecular weight is 441 g/mol. The summed E-state index contributed by atoms with van der Waals surface area (Å²) in [6.07, 6.45) is -0.952. The summed E-state index contributed by atoms with van der Waals surface area (Å²) in [5.74, 6) is -0.101. The van der Waals surface area contributed by atoms with E-state index in [-0.39, 0.29) is 31.8 Å². The highest BCUT2D eigenvalue weighted by molar-refractivity contribution is 5.78. The largest absolute Gasteiger partial charge is 0.465 e. The first kappa shape index (κ1) is 23.4. The molecule has 0 aromatic heterocycles. The minimum atomic E-state index is -4.46. The Balaban J connectivity index is 1.68. The van der Waals surface area contributed by atoms with E-state index in [1.807, 2.05) is 0 Å². The van der Waals surface area contributed by atoms with Crippen molar-refractivity contribution >= 4 is 12.0 Å². The zero-order chi connectivity index (χ0) is 22.4. The van der Waals surface area contributed by atoms with E-state index in [4.69, 9.17) is 0 Å². The Bertz CT molecular complexity index is 766. The molecular formula is C22H30F3N3O3. The molecule has 2 amide bonds. The molecule has 6 nitrogen and oxygen atoms in total. The fraction of sp³-hybridized carbons (Fsp3) is 0.636. The lowest BCUT2D eigenvalue weighted by molar-refractivity contribution is -0.137. The highest BCUT2D eigenvalue weighted by Crippen LogP contribution is 2.30. The number of halogens is 3. The van der Waals surface area contributed by atoms with Gasteiger partial charge >= 0.3 is 12.3 Å². The van der Waals surface area contributed by atoms with Gasteiger partial charge in [-0.25, -0.2) is 4.79 Å². The van der Waals surface area contributed by atoms with Crippen LogP contribution in [0.25, 0.3) is 0 Å². The van der Waals surface area contributed by atoms with Crippen LogP contribution < -0.4 is 0 Å². The molecule has 1 unspecified atom stereocenters. The molecule has 2 fully saturated rings. The van der Waals surface area contributed by atoms with Crippen molar-refractivity contribution in [3.05, 3.63) is 35.4 Å². The second-order valence-electron chi connectivity index (χ2n) is 8.38. The van der Waals surface area contributed by atoms with Crippen LogP contribution >= 0.6 is 0 Å². The molecule has 0 spiro atoms. The number of carbonyl (C=O) groups excluding carboxylic acids is 1. The van der Waals surface area contributed by atoms with Gasteiger partial charge in [0.05, 0.1) is 11.6 Å². The van der Waals surface area contributed by atoms with Crippen molar-refractivity contribution in [1.29, 1.82) is 0 Å². The summed E-state index contributed by atoms with van der Waals surface area (Å²) in [4.78, 5) is 29.6. The topological polar surface area (TPSA) is 64.1 Å². The second kappa shape index (κ2) is 10.3. The van der Waals surface area contributed by atoms with E-state index in [2.05, 4.69) is 4.90 Å². The molecule has 2 aliphatic heterocycles. The van der Waals surface area contributed by atoms with Crippen molar-refractivity contribution in [2.45, 2.75) is 50.7 Å². The number of hydrogen-bond acceptors (Lipinski definition) is 3. The maximum Gasteiger partial charge on any atom is 0.416 e. The van der Waals surface area contributed by atoms with Crippen LogP contribution in [-0.2, 0) is 17.4 Å². The maximum atomic E-state index is 13.1. The Morgan fingerprint density at radius 3 is 2.52 bits per heavy atom. The van der Waals surface area contributed by atoms with Crippen molar-refractivity contribution in [3.8, 4) is 0 Å². The van der Waals surface area contributed by atoms with Crippen LogP contribution in [0.5, 0.6) is 0 Å².